The summed E-state index contributed by atoms with van der Waals surface area (Å²) in [6.45, 7) is 4.94. The maximum atomic E-state index is 13.3. The molecule has 1 fully saturated rings. The zero-order chi connectivity index (χ0) is 15.0. The minimum absolute atomic E-state index is 0.289. The Morgan fingerprint density at radius 1 is 1.10 bits per heavy atom. The van der Waals surface area contributed by atoms with E-state index < -0.39 is 29.1 Å². The highest BCUT2D eigenvalue weighted by Crippen LogP contribution is 2.25. The van der Waals surface area contributed by atoms with Gasteiger partial charge in [-0.05, 0) is 24.0 Å². The maximum absolute atomic E-state index is 13.3. The van der Waals surface area contributed by atoms with Gasteiger partial charge in [0.05, 0.1) is 11.1 Å². The molecular weight excluding hydrogens is 268 g/mol. The van der Waals surface area contributed by atoms with Crippen LogP contribution in [0.3, 0.4) is 0 Å². The van der Waals surface area contributed by atoms with Crippen LogP contribution in [0.2, 0.25) is 0 Å². The van der Waals surface area contributed by atoms with Crippen molar-refractivity contribution in [1.29, 1.82) is 0 Å². The molecular formula is C14H15F2NO3. The number of benzene rings is 1. The Morgan fingerprint density at radius 3 is 2.00 bits per heavy atom. The molecule has 20 heavy (non-hydrogen) atoms. The third-order valence-corrected chi connectivity index (χ3v) is 3.80. The topological polar surface area (TPSA) is 57.6 Å². The van der Waals surface area contributed by atoms with Gasteiger partial charge in [-0.25, -0.2) is 13.6 Å². The molecule has 1 N–H and O–H groups in total. The van der Waals surface area contributed by atoms with E-state index in [1.54, 1.807) is 0 Å². The minimum Gasteiger partial charge on any atom is -0.478 e. The molecule has 1 amide bonds. The van der Waals surface area contributed by atoms with E-state index in [4.69, 9.17) is 5.11 Å². The van der Waals surface area contributed by atoms with Crippen molar-refractivity contribution in [3.8, 4) is 0 Å². The van der Waals surface area contributed by atoms with Crippen molar-refractivity contribution in [2.75, 3.05) is 13.1 Å². The molecule has 4 nitrogen and oxygen atoms in total. The summed E-state index contributed by atoms with van der Waals surface area (Å²) in [5.41, 5.74) is -0.821. The number of carboxylic acids is 1. The summed E-state index contributed by atoms with van der Waals surface area (Å²) in [5.74, 6) is -3.94. The molecule has 1 aliphatic heterocycles. The first kappa shape index (κ1) is 14.4. The van der Waals surface area contributed by atoms with Crippen LogP contribution in [0.1, 0.15) is 34.6 Å². The number of nitrogens with zero attached hydrogens (tertiary/aromatic N) is 1. The number of hydrogen-bond acceptors (Lipinski definition) is 2. The first-order valence-corrected chi connectivity index (χ1v) is 6.33. The molecule has 0 bridgehead atoms. The van der Waals surface area contributed by atoms with Crippen molar-refractivity contribution in [2.45, 2.75) is 13.8 Å². The highest BCUT2D eigenvalue weighted by Gasteiger charge is 2.32. The van der Waals surface area contributed by atoms with E-state index in [1.165, 1.54) is 4.90 Å². The molecule has 1 heterocycles. The standard InChI is InChI=1S/C14H15F2NO3/c1-7-5-17(6-8(7)2)13(18)9-3-11(15)12(16)4-10(9)14(19)20/h3-4,7-8H,5-6H2,1-2H3,(H,19,20). The lowest BCUT2D eigenvalue weighted by atomic mass is 10.0. The zero-order valence-electron chi connectivity index (χ0n) is 11.2. The van der Waals surface area contributed by atoms with Gasteiger partial charge in [0.15, 0.2) is 11.6 Å². The fraction of sp³-hybridized carbons (Fsp3) is 0.429. The van der Waals surface area contributed by atoms with Gasteiger partial charge in [0.25, 0.3) is 5.91 Å². The molecule has 6 heteroatoms. The Balaban J connectivity index is 2.39. The third-order valence-electron chi connectivity index (χ3n) is 3.80. The van der Waals surface area contributed by atoms with Gasteiger partial charge < -0.3 is 10.0 Å². The first-order chi connectivity index (χ1) is 9.31. The van der Waals surface area contributed by atoms with E-state index in [-0.39, 0.29) is 17.4 Å². The van der Waals surface area contributed by atoms with Crippen LogP contribution in [-0.4, -0.2) is 35.0 Å². The summed E-state index contributed by atoms with van der Waals surface area (Å²) in [6.07, 6.45) is 0. The predicted octanol–water partition coefficient (Wildman–Crippen LogP) is 2.39. The number of carbonyl (C=O) groups excluding carboxylic acids is 1. The van der Waals surface area contributed by atoms with Crippen LogP contribution >= 0.6 is 0 Å². The maximum Gasteiger partial charge on any atom is 0.336 e. The van der Waals surface area contributed by atoms with E-state index in [9.17, 15) is 18.4 Å². The van der Waals surface area contributed by atoms with Crippen molar-refractivity contribution < 1.29 is 23.5 Å². The van der Waals surface area contributed by atoms with E-state index in [1.807, 2.05) is 13.8 Å². The van der Waals surface area contributed by atoms with Crippen LogP contribution < -0.4 is 0 Å². The van der Waals surface area contributed by atoms with Gasteiger partial charge in [0.2, 0.25) is 0 Å². The molecule has 0 aliphatic carbocycles. The molecule has 0 saturated carbocycles. The second-order valence-corrected chi connectivity index (χ2v) is 5.28. The lowest BCUT2D eigenvalue weighted by Gasteiger charge is -2.17. The average molecular weight is 283 g/mol. The molecule has 0 aromatic heterocycles. The van der Waals surface area contributed by atoms with Gasteiger partial charge in [0, 0.05) is 13.1 Å². The number of hydrogen-bond donors (Lipinski definition) is 1. The molecule has 108 valence electrons. The Hall–Kier alpha value is -1.98. The monoisotopic (exact) mass is 283 g/mol. The predicted molar refractivity (Wildman–Crippen MR) is 67.5 cm³/mol. The van der Waals surface area contributed by atoms with E-state index in [2.05, 4.69) is 0 Å². The Morgan fingerprint density at radius 2 is 1.55 bits per heavy atom. The normalized spacial score (nSPS) is 22.1. The number of likely N-dealkylation sites (tertiary alicyclic amines) is 1. The lowest BCUT2D eigenvalue weighted by Crippen LogP contribution is -2.30. The average Bonchev–Trinajstić information content (AvgIpc) is 2.71. The molecule has 1 aliphatic rings. The fourth-order valence-electron chi connectivity index (χ4n) is 2.37. The molecule has 1 saturated heterocycles. The van der Waals surface area contributed by atoms with Gasteiger partial charge in [-0.1, -0.05) is 13.8 Å². The second kappa shape index (κ2) is 5.19. The summed E-state index contributed by atoms with van der Waals surface area (Å²) in [7, 11) is 0. The SMILES string of the molecule is CC1CN(C(=O)c2cc(F)c(F)cc2C(=O)O)CC1C. The van der Waals surface area contributed by atoms with Gasteiger partial charge in [-0.2, -0.15) is 0 Å². The molecule has 1 aromatic rings. The van der Waals surface area contributed by atoms with Crippen molar-refractivity contribution in [2.24, 2.45) is 11.8 Å². The van der Waals surface area contributed by atoms with Crippen molar-refractivity contribution in [3.63, 3.8) is 0 Å². The Kier molecular flexibility index (Phi) is 3.74. The zero-order valence-corrected chi connectivity index (χ0v) is 11.2. The van der Waals surface area contributed by atoms with Crippen LogP contribution in [0.5, 0.6) is 0 Å². The summed E-state index contributed by atoms with van der Waals surface area (Å²) in [5, 5.41) is 9.02. The summed E-state index contributed by atoms with van der Waals surface area (Å²) < 4.78 is 26.4. The second-order valence-electron chi connectivity index (χ2n) is 5.28. The number of carboxylic acid groups (broad SMARTS) is 1. The number of aromatic carboxylic acids is 1. The van der Waals surface area contributed by atoms with Crippen LogP contribution in [0.4, 0.5) is 8.78 Å². The van der Waals surface area contributed by atoms with E-state index >= 15 is 0 Å². The van der Waals surface area contributed by atoms with Crippen LogP contribution in [-0.2, 0) is 0 Å². The highest BCUT2D eigenvalue weighted by atomic mass is 19.2. The largest absolute Gasteiger partial charge is 0.478 e. The van der Waals surface area contributed by atoms with E-state index in [0.717, 1.165) is 0 Å². The fourth-order valence-corrected chi connectivity index (χ4v) is 2.37. The Labute approximate surface area is 115 Å². The number of carbonyl (C=O) groups is 2. The summed E-state index contributed by atoms with van der Waals surface area (Å²) in [6, 6.07) is 1.21. The van der Waals surface area contributed by atoms with Gasteiger partial charge in [0.1, 0.15) is 0 Å². The minimum atomic E-state index is -1.45. The quantitative estimate of drug-likeness (QED) is 0.906. The summed E-state index contributed by atoms with van der Waals surface area (Å²) >= 11 is 0. The van der Waals surface area contributed by atoms with Crippen LogP contribution in [0.25, 0.3) is 0 Å². The molecule has 2 atom stereocenters. The molecule has 1 aromatic carbocycles. The molecule has 0 radical (unpaired) electrons. The summed E-state index contributed by atoms with van der Waals surface area (Å²) in [4.78, 5) is 24.9. The van der Waals surface area contributed by atoms with Crippen molar-refractivity contribution >= 4 is 11.9 Å². The smallest absolute Gasteiger partial charge is 0.336 e. The first-order valence-electron chi connectivity index (χ1n) is 6.33. The molecule has 2 rings (SSSR count). The number of amides is 1. The van der Waals surface area contributed by atoms with E-state index in [0.29, 0.717) is 25.2 Å². The van der Waals surface area contributed by atoms with Crippen molar-refractivity contribution in [1.82, 2.24) is 4.90 Å². The molecule has 2 unspecified atom stereocenters. The van der Waals surface area contributed by atoms with Crippen LogP contribution in [0, 0.1) is 23.5 Å². The Bertz CT molecular complexity index is 564. The third kappa shape index (κ3) is 2.50. The van der Waals surface area contributed by atoms with Gasteiger partial charge in [-0.3, -0.25) is 4.79 Å². The highest BCUT2D eigenvalue weighted by molar-refractivity contribution is 6.04. The van der Waals surface area contributed by atoms with Crippen molar-refractivity contribution in [3.05, 3.63) is 34.9 Å². The number of halogens is 2. The number of rotatable bonds is 2. The van der Waals surface area contributed by atoms with Gasteiger partial charge >= 0.3 is 5.97 Å². The van der Waals surface area contributed by atoms with Crippen LogP contribution in [0.15, 0.2) is 12.1 Å². The lowest BCUT2D eigenvalue weighted by molar-refractivity contribution is 0.0679. The molecule has 0 spiro atoms. The van der Waals surface area contributed by atoms with Gasteiger partial charge in [-0.15, -0.1) is 0 Å².